The lowest BCUT2D eigenvalue weighted by Crippen LogP contribution is -2.49. The summed E-state index contributed by atoms with van der Waals surface area (Å²) in [6.45, 7) is 3.55. The normalized spacial score (nSPS) is 21.6. The summed E-state index contributed by atoms with van der Waals surface area (Å²) in [6.07, 6.45) is 9.13. The Hall–Kier alpha value is -2.24. The third-order valence-electron chi connectivity index (χ3n) is 6.01. The van der Waals surface area contributed by atoms with Crippen LogP contribution in [0.4, 0.5) is 10.5 Å². The second kappa shape index (κ2) is 9.80. The van der Waals surface area contributed by atoms with E-state index in [1.54, 1.807) is 25.3 Å². The van der Waals surface area contributed by atoms with Crippen LogP contribution in [0.5, 0.6) is 5.75 Å². The molecule has 3 rings (SSSR count). The average molecular weight is 388 g/mol. The summed E-state index contributed by atoms with van der Waals surface area (Å²) in [5, 5.41) is 5.64. The van der Waals surface area contributed by atoms with Gasteiger partial charge in [-0.2, -0.15) is 0 Å². The van der Waals surface area contributed by atoms with Gasteiger partial charge >= 0.3 is 6.03 Å². The molecule has 1 aromatic rings. The summed E-state index contributed by atoms with van der Waals surface area (Å²) in [5.74, 6) is 1.20. The molecule has 2 fully saturated rings. The fourth-order valence-electron chi connectivity index (χ4n) is 4.53. The van der Waals surface area contributed by atoms with Gasteiger partial charge in [-0.25, -0.2) is 4.79 Å². The number of benzene rings is 1. The molecule has 2 atom stereocenters. The summed E-state index contributed by atoms with van der Waals surface area (Å²) < 4.78 is 5.49. The van der Waals surface area contributed by atoms with E-state index in [4.69, 9.17) is 4.74 Å². The van der Waals surface area contributed by atoms with Crippen LogP contribution in [0.3, 0.4) is 0 Å². The van der Waals surface area contributed by atoms with Crippen molar-refractivity contribution in [2.24, 2.45) is 5.92 Å². The fraction of sp³-hybridized carbons (Fsp3) is 0.636. The van der Waals surface area contributed by atoms with Gasteiger partial charge in [-0.1, -0.05) is 26.2 Å². The molecule has 154 valence electrons. The molecule has 2 aliphatic rings. The van der Waals surface area contributed by atoms with Gasteiger partial charge in [0.2, 0.25) is 0 Å². The zero-order valence-electron chi connectivity index (χ0n) is 17.1. The van der Waals surface area contributed by atoms with E-state index in [-0.39, 0.29) is 11.9 Å². The Morgan fingerprint density at radius 1 is 1.18 bits per heavy atom. The van der Waals surface area contributed by atoms with Gasteiger partial charge in [0.1, 0.15) is 5.75 Å². The van der Waals surface area contributed by atoms with E-state index in [1.807, 2.05) is 0 Å². The minimum atomic E-state index is -0.240. The Balaban J connectivity index is 1.71. The molecule has 3 amide bonds. The van der Waals surface area contributed by atoms with Gasteiger partial charge in [-0.15, -0.1) is 0 Å². The highest BCUT2D eigenvalue weighted by Gasteiger charge is 2.36. The number of hydrogen-bond donors (Lipinski definition) is 2. The van der Waals surface area contributed by atoms with Crippen molar-refractivity contribution in [1.82, 2.24) is 10.2 Å². The smallest absolute Gasteiger partial charge is 0.319 e. The SMILES string of the molecule is CCCCNC(=O)Nc1ccc(C(=O)N2CCCC3CCCC[C@H]32)c(OC)c1. The first-order chi connectivity index (χ1) is 13.6. The Kier molecular flexibility index (Phi) is 7.18. The molecule has 1 aliphatic carbocycles. The van der Waals surface area contributed by atoms with Crippen LogP contribution in [-0.4, -0.2) is 43.1 Å². The van der Waals surface area contributed by atoms with Gasteiger partial charge < -0.3 is 20.3 Å². The summed E-state index contributed by atoms with van der Waals surface area (Å²) >= 11 is 0. The number of anilines is 1. The second-order valence-corrected chi connectivity index (χ2v) is 7.90. The molecular formula is C22H33N3O3. The molecule has 6 heteroatoms. The number of nitrogens with one attached hydrogen (secondary N) is 2. The first-order valence-corrected chi connectivity index (χ1v) is 10.7. The highest BCUT2D eigenvalue weighted by Crippen LogP contribution is 2.37. The van der Waals surface area contributed by atoms with Crippen molar-refractivity contribution in [3.8, 4) is 5.75 Å². The molecule has 28 heavy (non-hydrogen) atoms. The van der Waals surface area contributed by atoms with Gasteiger partial charge in [0.25, 0.3) is 5.91 Å². The Labute approximate surface area is 168 Å². The van der Waals surface area contributed by atoms with Gasteiger partial charge in [0, 0.05) is 30.9 Å². The van der Waals surface area contributed by atoms with Gasteiger partial charge in [-0.3, -0.25) is 4.79 Å². The van der Waals surface area contributed by atoms with Crippen molar-refractivity contribution in [3.63, 3.8) is 0 Å². The van der Waals surface area contributed by atoms with E-state index < -0.39 is 0 Å². The van der Waals surface area contributed by atoms with Crippen molar-refractivity contribution in [1.29, 1.82) is 0 Å². The average Bonchev–Trinajstić information content (AvgIpc) is 2.73. The number of rotatable bonds is 6. The quantitative estimate of drug-likeness (QED) is 0.710. The zero-order chi connectivity index (χ0) is 19.9. The molecule has 1 aliphatic heterocycles. The number of methoxy groups -OCH3 is 1. The predicted octanol–water partition coefficient (Wildman–Crippen LogP) is 4.41. The van der Waals surface area contributed by atoms with Gasteiger partial charge in [0.05, 0.1) is 12.7 Å². The molecule has 0 spiro atoms. The maximum atomic E-state index is 13.3. The maximum absolute atomic E-state index is 13.3. The molecule has 1 saturated heterocycles. The summed E-state index contributed by atoms with van der Waals surface area (Å²) in [6, 6.07) is 5.40. The molecule has 1 saturated carbocycles. The van der Waals surface area contributed by atoms with Crippen LogP contribution in [0.2, 0.25) is 0 Å². The Morgan fingerprint density at radius 3 is 2.75 bits per heavy atom. The van der Waals surface area contributed by atoms with Crippen LogP contribution in [0, 0.1) is 5.92 Å². The van der Waals surface area contributed by atoms with Crippen molar-refractivity contribution < 1.29 is 14.3 Å². The number of hydrogen-bond acceptors (Lipinski definition) is 3. The molecule has 1 aromatic carbocycles. The molecular weight excluding hydrogens is 354 g/mol. The number of carbonyl (C=O) groups is 2. The number of unbranched alkanes of at least 4 members (excludes halogenated alkanes) is 1. The number of fused-ring (bicyclic) bond motifs is 1. The minimum absolute atomic E-state index is 0.0485. The number of urea groups is 1. The van der Waals surface area contributed by atoms with E-state index >= 15 is 0 Å². The van der Waals surface area contributed by atoms with E-state index in [1.165, 1.54) is 25.7 Å². The van der Waals surface area contributed by atoms with Crippen LogP contribution in [-0.2, 0) is 0 Å². The lowest BCUT2D eigenvalue weighted by Gasteiger charge is -2.44. The Bertz CT molecular complexity index is 690. The fourth-order valence-corrected chi connectivity index (χ4v) is 4.53. The number of amides is 3. The monoisotopic (exact) mass is 387 g/mol. The molecule has 0 aromatic heterocycles. The van der Waals surface area contributed by atoms with Crippen LogP contribution in [0.25, 0.3) is 0 Å². The van der Waals surface area contributed by atoms with Crippen molar-refractivity contribution in [2.45, 2.75) is 64.3 Å². The predicted molar refractivity (Wildman–Crippen MR) is 111 cm³/mol. The molecule has 0 bridgehead atoms. The number of carbonyl (C=O) groups excluding carboxylic acids is 2. The van der Waals surface area contributed by atoms with Gasteiger partial charge in [-0.05, 0) is 50.2 Å². The van der Waals surface area contributed by atoms with Gasteiger partial charge in [0.15, 0.2) is 0 Å². The number of ether oxygens (including phenoxy) is 1. The Morgan fingerprint density at radius 2 is 1.96 bits per heavy atom. The molecule has 0 radical (unpaired) electrons. The standard InChI is InChI=1S/C22H33N3O3/c1-3-4-13-23-22(27)24-17-11-12-18(20(15-17)28-2)21(26)25-14-7-9-16-8-5-6-10-19(16)25/h11-12,15-16,19H,3-10,13-14H2,1-2H3,(H2,23,24,27)/t16?,19-/m1/s1. The minimum Gasteiger partial charge on any atom is -0.496 e. The van der Waals surface area contributed by atoms with E-state index in [0.717, 1.165) is 32.2 Å². The first-order valence-electron chi connectivity index (χ1n) is 10.7. The van der Waals surface area contributed by atoms with Crippen LogP contribution in [0.1, 0.15) is 68.6 Å². The van der Waals surface area contributed by atoms with E-state index in [2.05, 4.69) is 22.5 Å². The topological polar surface area (TPSA) is 70.7 Å². The summed E-state index contributed by atoms with van der Waals surface area (Å²) in [4.78, 5) is 27.3. The lowest BCUT2D eigenvalue weighted by atomic mass is 9.78. The number of likely N-dealkylation sites (tertiary alicyclic amines) is 1. The first kappa shape index (κ1) is 20.5. The highest BCUT2D eigenvalue weighted by molar-refractivity contribution is 5.98. The van der Waals surface area contributed by atoms with Crippen molar-refractivity contribution >= 4 is 17.6 Å². The third-order valence-corrected chi connectivity index (χ3v) is 6.01. The molecule has 6 nitrogen and oxygen atoms in total. The lowest BCUT2D eigenvalue weighted by molar-refractivity contribution is 0.0388. The largest absolute Gasteiger partial charge is 0.496 e. The summed E-state index contributed by atoms with van der Waals surface area (Å²) in [7, 11) is 1.57. The van der Waals surface area contributed by atoms with Crippen LogP contribution in [0.15, 0.2) is 18.2 Å². The highest BCUT2D eigenvalue weighted by atomic mass is 16.5. The van der Waals surface area contributed by atoms with Crippen LogP contribution >= 0.6 is 0 Å². The molecule has 2 N–H and O–H groups in total. The van der Waals surface area contributed by atoms with E-state index in [9.17, 15) is 9.59 Å². The molecule has 1 unspecified atom stereocenters. The summed E-state index contributed by atoms with van der Waals surface area (Å²) in [5.41, 5.74) is 1.20. The zero-order valence-corrected chi connectivity index (χ0v) is 17.1. The maximum Gasteiger partial charge on any atom is 0.319 e. The van der Waals surface area contributed by atoms with Crippen molar-refractivity contribution in [2.75, 3.05) is 25.5 Å². The third kappa shape index (κ3) is 4.78. The number of piperidine rings is 1. The van der Waals surface area contributed by atoms with E-state index in [0.29, 0.717) is 35.5 Å². The van der Waals surface area contributed by atoms with Crippen molar-refractivity contribution in [3.05, 3.63) is 23.8 Å². The second-order valence-electron chi connectivity index (χ2n) is 7.90. The number of nitrogens with zero attached hydrogens (tertiary/aromatic N) is 1. The van der Waals surface area contributed by atoms with Crippen LogP contribution < -0.4 is 15.4 Å². The molecule has 1 heterocycles.